The Morgan fingerprint density at radius 3 is 2.59 bits per heavy atom. The van der Waals surface area contributed by atoms with Gasteiger partial charge < -0.3 is 14.8 Å². The lowest BCUT2D eigenvalue weighted by Crippen LogP contribution is -2.54. The van der Waals surface area contributed by atoms with Crippen molar-refractivity contribution >= 4 is 38.6 Å². The van der Waals surface area contributed by atoms with Crippen LogP contribution in [0.2, 0.25) is 0 Å². The second-order valence-electron chi connectivity index (χ2n) is 13.6. The van der Waals surface area contributed by atoms with Crippen molar-refractivity contribution < 1.29 is 32.3 Å². The Morgan fingerprint density at radius 2 is 1.84 bits per heavy atom. The zero-order valence-corrected chi connectivity index (χ0v) is 28.2. The van der Waals surface area contributed by atoms with Crippen LogP contribution in [0.15, 0.2) is 66.7 Å². The SMILES string of the molecule is COc1ccc2c(O[C@@H]3C[C@H]4C(=O)N[C@]5(C(=O)NS(=O)(=O)C6CC6)C[C@H]5/C=C\CCCCN(N)C(=O)[C@@H]4C3)cc(-c3ccccc3)nc2c1. The van der Waals surface area contributed by atoms with Crippen molar-refractivity contribution in [3.05, 3.63) is 66.7 Å². The van der Waals surface area contributed by atoms with Crippen molar-refractivity contribution in [2.24, 2.45) is 23.6 Å². The van der Waals surface area contributed by atoms with Gasteiger partial charge in [-0.05, 0) is 63.5 Å². The third-order valence-electron chi connectivity index (χ3n) is 10.2. The Kier molecular flexibility index (Phi) is 8.82. The standard InChI is InChI=1S/C36H41N5O7S/c1-47-24-12-15-27-31(19-24)38-30(22-9-5-4-6-10-22)20-32(27)48-25-17-28-29(18-25)34(43)41(37)16-8-3-2-7-11-23-21-36(23,39-33(28)42)35(44)40-49(45,46)26-13-14-26/h4-7,9-12,15,19-20,23,25-26,28-29H,2-3,8,13-14,16-18,21,37H2,1H3,(H,39,42)(H,40,44)/b11-7-/t23-,25-,28-,29-,36-/m1/s1. The highest BCUT2D eigenvalue weighted by Crippen LogP contribution is 2.47. The van der Waals surface area contributed by atoms with Crippen molar-refractivity contribution in [1.82, 2.24) is 20.0 Å². The molecule has 3 saturated carbocycles. The maximum Gasteiger partial charge on any atom is 0.259 e. The molecule has 12 nitrogen and oxygen atoms in total. The lowest BCUT2D eigenvalue weighted by molar-refractivity contribution is -0.142. The van der Waals surface area contributed by atoms with Crippen molar-refractivity contribution in [3.63, 3.8) is 0 Å². The number of hydrogen-bond donors (Lipinski definition) is 3. The molecule has 2 heterocycles. The third kappa shape index (κ3) is 6.73. The number of allylic oxidation sites excluding steroid dienone is 1. The molecule has 3 aliphatic carbocycles. The van der Waals surface area contributed by atoms with Gasteiger partial charge >= 0.3 is 0 Å². The molecule has 3 fully saturated rings. The van der Waals surface area contributed by atoms with E-state index in [1.807, 2.05) is 66.7 Å². The van der Waals surface area contributed by atoms with Gasteiger partial charge in [-0.3, -0.25) is 24.1 Å². The number of carbonyl (C=O) groups excluding carboxylic acids is 3. The summed E-state index contributed by atoms with van der Waals surface area (Å²) in [6.07, 6.45) is 7.11. The van der Waals surface area contributed by atoms with E-state index in [9.17, 15) is 22.8 Å². The molecular weight excluding hydrogens is 646 g/mol. The topological polar surface area (TPSA) is 170 Å². The van der Waals surface area contributed by atoms with Crippen molar-refractivity contribution in [2.45, 2.75) is 68.3 Å². The van der Waals surface area contributed by atoms with Crippen LogP contribution in [0.5, 0.6) is 11.5 Å². The maximum absolute atomic E-state index is 14.1. The van der Waals surface area contributed by atoms with Crippen molar-refractivity contribution in [3.8, 4) is 22.8 Å². The Labute approximate surface area is 285 Å². The van der Waals surface area contributed by atoms with Gasteiger partial charge in [0.1, 0.15) is 23.1 Å². The average Bonchev–Trinajstić information content (AvgIpc) is 4.02. The first-order valence-electron chi connectivity index (χ1n) is 16.9. The number of nitrogens with two attached hydrogens (primary N) is 1. The highest BCUT2D eigenvalue weighted by molar-refractivity contribution is 7.91. The lowest BCUT2D eigenvalue weighted by atomic mass is 9.93. The normalized spacial score (nSPS) is 28.1. The number of hydrogen-bond acceptors (Lipinski definition) is 9. The summed E-state index contributed by atoms with van der Waals surface area (Å²) < 4.78 is 39.8. The van der Waals surface area contributed by atoms with Crippen LogP contribution in [-0.4, -0.2) is 66.7 Å². The Hall–Kier alpha value is -4.49. The molecule has 0 saturated heterocycles. The number of nitrogens with zero attached hydrogens (tertiary/aromatic N) is 2. The van der Waals surface area contributed by atoms with Gasteiger partial charge in [-0.2, -0.15) is 0 Å². The number of benzene rings is 2. The molecule has 2 aromatic carbocycles. The van der Waals surface area contributed by atoms with Crippen LogP contribution in [0.25, 0.3) is 22.2 Å². The Morgan fingerprint density at radius 1 is 1.06 bits per heavy atom. The smallest absolute Gasteiger partial charge is 0.259 e. The molecule has 5 atom stereocenters. The first-order valence-corrected chi connectivity index (χ1v) is 18.4. The Balaban J connectivity index is 1.19. The van der Waals surface area contributed by atoms with Crippen LogP contribution in [0.3, 0.4) is 0 Å². The molecule has 3 amide bonds. The van der Waals surface area contributed by atoms with Crippen LogP contribution in [-0.2, 0) is 24.4 Å². The highest BCUT2D eigenvalue weighted by Gasteiger charge is 2.62. The average molecular weight is 688 g/mol. The molecule has 258 valence electrons. The van der Waals surface area contributed by atoms with Gasteiger partial charge in [0, 0.05) is 35.5 Å². The van der Waals surface area contributed by atoms with Gasteiger partial charge in [-0.1, -0.05) is 42.5 Å². The molecule has 0 spiro atoms. The van der Waals surface area contributed by atoms with E-state index in [0.717, 1.165) is 17.4 Å². The second-order valence-corrected chi connectivity index (χ2v) is 15.5. The first-order chi connectivity index (χ1) is 23.6. The summed E-state index contributed by atoms with van der Waals surface area (Å²) in [5.41, 5.74) is 0.831. The third-order valence-corrected chi connectivity index (χ3v) is 12.0. The van der Waals surface area contributed by atoms with Crippen LogP contribution in [0, 0.1) is 17.8 Å². The zero-order valence-electron chi connectivity index (χ0n) is 27.3. The van der Waals surface area contributed by atoms with Crippen LogP contribution < -0.4 is 25.4 Å². The number of sulfonamides is 1. The van der Waals surface area contributed by atoms with Gasteiger partial charge in [-0.25, -0.2) is 19.2 Å². The van der Waals surface area contributed by atoms with E-state index >= 15 is 0 Å². The molecule has 3 aromatic rings. The molecular formula is C36H41N5O7S. The maximum atomic E-state index is 14.1. The second kappa shape index (κ2) is 13.1. The van der Waals surface area contributed by atoms with Crippen molar-refractivity contribution in [1.29, 1.82) is 0 Å². The minimum atomic E-state index is -3.83. The van der Waals surface area contributed by atoms with E-state index in [1.54, 1.807) is 7.11 Å². The molecule has 1 aromatic heterocycles. The predicted molar refractivity (Wildman–Crippen MR) is 182 cm³/mol. The molecule has 7 rings (SSSR count). The molecule has 1 aliphatic heterocycles. The molecule has 0 radical (unpaired) electrons. The fraction of sp³-hybridized carbons (Fsp3) is 0.444. The van der Waals surface area contributed by atoms with Gasteiger partial charge in [0.05, 0.1) is 35.4 Å². The van der Waals surface area contributed by atoms with Gasteiger partial charge in [-0.15, -0.1) is 0 Å². The summed E-state index contributed by atoms with van der Waals surface area (Å²) in [4.78, 5) is 46.4. The lowest BCUT2D eigenvalue weighted by Gasteiger charge is -2.26. The monoisotopic (exact) mass is 687 g/mol. The first kappa shape index (κ1) is 33.0. The van der Waals surface area contributed by atoms with Gasteiger partial charge in [0.15, 0.2) is 0 Å². The molecule has 0 bridgehead atoms. The fourth-order valence-corrected chi connectivity index (χ4v) is 8.46. The van der Waals surface area contributed by atoms with E-state index in [1.165, 1.54) is 5.01 Å². The number of rotatable bonds is 7. The highest BCUT2D eigenvalue weighted by atomic mass is 32.2. The van der Waals surface area contributed by atoms with Crippen LogP contribution >= 0.6 is 0 Å². The minimum absolute atomic E-state index is 0.190. The molecule has 4 aliphatic rings. The number of amides is 3. The van der Waals surface area contributed by atoms with Crippen LogP contribution in [0.4, 0.5) is 0 Å². The summed E-state index contributed by atoms with van der Waals surface area (Å²) in [6, 6.07) is 17.1. The van der Waals surface area contributed by atoms with E-state index in [2.05, 4.69) is 10.0 Å². The Bertz CT molecular complexity index is 1920. The quantitative estimate of drug-likeness (QED) is 0.191. The van der Waals surface area contributed by atoms with Gasteiger partial charge in [0.25, 0.3) is 5.91 Å². The number of fused-ring (bicyclic) bond motifs is 3. The minimum Gasteiger partial charge on any atom is -0.497 e. The zero-order chi connectivity index (χ0) is 34.3. The number of methoxy groups -OCH3 is 1. The summed E-state index contributed by atoms with van der Waals surface area (Å²) >= 11 is 0. The number of pyridine rings is 1. The summed E-state index contributed by atoms with van der Waals surface area (Å²) in [5.74, 6) is 3.83. The van der Waals surface area contributed by atoms with Gasteiger partial charge in [0.2, 0.25) is 21.8 Å². The van der Waals surface area contributed by atoms with E-state index < -0.39 is 50.6 Å². The predicted octanol–water partition coefficient (Wildman–Crippen LogP) is 3.61. The summed E-state index contributed by atoms with van der Waals surface area (Å²) in [5, 5.41) is 4.25. The number of hydrazine groups is 1. The molecule has 49 heavy (non-hydrogen) atoms. The number of nitrogens with one attached hydrogen (secondary N) is 2. The number of aromatic nitrogens is 1. The molecule has 0 unspecified atom stereocenters. The molecule has 4 N–H and O–H groups in total. The van der Waals surface area contributed by atoms with Crippen LogP contribution in [0.1, 0.15) is 51.4 Å². The molecule has 13 heteroatoms. The van der Waals surface area contributed by atoms with E-state index in [4.69, 9.17) is 20.3 Å². The number of ether oxygens (including phenoxy) is 2. The fourth-order valence-electron chi connectivity index (χ4n) is 7.09. The van der Waals surface area contributed by atoms with E-state index in [0.29, 0.717) is 54.9 Å². The van der Waals surface area contributed by atoms with E-state index in [-0.39, 0.29) is 31.1 Å². The summed E-state index contributed by atoms with van der Waals surface area (Å²) in [7, 11) is -2.24. The largest absolute Gasteiger partial charge is 0.497 e. The van der Waals surface area contributed by atoms with Crippen molar-refractivity contribution in [2.75, 3.05) is 13.7 Å². The number of carbonyl (C=O) groups is 3. The summed E-state index contributed by atoms with van der Waals surface area (Å²) in [6.45, 7) is 0.342.